The Balaban J connectivity index is 2.05. The lowest BCUT2D eigenvalue weighted by Gasteiger charge is -2.29. The van der Waals surface area contributed by atoms with Crippen LogP contribution >= 0.6 is 15.9 Å². The fourth-order valence-electron chi connectivity index (χ4n) is 2.15. The lowest BCUT2D eigenvalue weighted by Crippen LogP contribution is -2.42. The maximum absolute atomic E-state index is 6.10. The number of nitrogens with one attached hydrogen (secondary N) is 1. The zero-order valence-electron chi connectivity index (χ0n) is 9.54. The van der Waals surface area contributed by atoms with Crippen molar-refractivity contribution >= 4 is 21.7 Å². The van der Waals surface area contributed by atoms with Crippen LogP contribution in [0.1, 0.15) is 31.4 Å². The van der Waals surface area contributed by atoms with E-state index >= 15 is 0 Å². The summed E-state index contributed by atoms with van der Waals surface area (Å²) in [5.41, 5.74) is 7.10. The zero-order chi connectivity index (χ0) is 11.5. The standard InChI is InChI=1S/C12H18BrN3/c1-8-9(13)6-7-12(15-8)16-11-5-3-2-4-10(11)14/h6-7,10-11H,2-5,14H2,1H3,(H,15,16). The van der Waals surface area contributed by atoms with Crippen molar-refractivity contribution in [1.82, 2.24) is 4.98 Å². The highest BCUT2D eigenvalue weighted by Gasteiger charge is 2.21. The van der Waals surface area contributed by atoms with Crippen LogP contribution in [0.3, 0.4) is 0 Å². The third-order valence-corrected chi connectivity index (χ3v) is 4.01. The summed E-state index contributed by atoms with van der Waals surface area (Å²) >= 11 is 3.45. The molecule has 4 heteroatoms. The van der Waals surface area contributed by atoms with E-state index in [0.29, 0.717) is 6.04 Å². The van der Waals surface area contributed by atoms with Gasteiger partial charge in [0, 0.05) is 16.6 Å². The Labute approximate surface area is 105 Å². The van der Waals surface area contributed by atoms with E-state index in [1.54, 1.807) is 0 Å². The minimum atomic E-state index is 0.263. The van der Waals surface area contributed by atoms with Crippen molar-refractivity contribution < 1.29 is 0 Å². The highest BCUT2D eigenvalue weighted by atomic mass is 79.9. The molecule has 2 unspecified atom stereocenters. The van der Waals surface area contributed by atoms with Crippen molar-refractivity contribution in [3.63, 3.8) is 0 Å². The molecule has 3 nitrogen and oxygen atoms in total. The number of nitrogens with zero attached hydrogens (tertiary/aromatic N) is 1. The minimum absolute atomic E-state index is 0.263. The molecule has 1 aliphatic rings. The van der Waals surface area contributed by atoms with Crippen LogP contribution in [0.5, 0.6) is 0 Å². The van der Waals surface area contributed by atoms with Gasteiger partial charge in [-0.3, -0.25) is 0 Å². The van der Waals surface area contributed by atoms with Gasteiger partial charge in [0.2, 0.25) is 0 Å². The van der Waals surface area contributed by atoms with Gasteiger partial charge < -0.3 is 11.1 Å². The van der Waals surface area contributed by atoms with Crippen molar-refractivity contribution in [1.29, 1.82) is 0 Å². The maximum Gasteiger partial charge on any atom is 0.126 e. The largest absolute Gasteiger partial charge is 0.366 e. The summed E-state index contributed by atoms with van der Waals surface area (Å²) in [6.07, 6.45) is 4.79. The summed E-state index contributed by atoms with van der Waals surface area (Å²) in [5.74, 6) is 0.933. The topological polar surface area (TPSA) is 50.9 Å². The number of rotatable bonds is 2. The van der Waals surface area contributed by atoms with Crippen LogP contribution in [-0.4, -0.2) is 17.1 Å². The lowest BCUT2D eigenvalue weighted by molar-refractivity contribution is 0.403. The van der Waals surface area contributed by atoms with E-state index in [0.717, 1.165) is 28.8 Å². The Bertz CT molecular complexity index is 367. The van der Waals surface area contributed by atoms with E-state index in [1.807, 2.05) is 19.1 Å². The molecule has 1 aromatic rings. The normalized spacial score (nSPS) is 25.4. The molecule has 1 aromatic heterocycles. The van der Waals surface area contributed by atoms with E-state index in [9.17, 15) is 0 Å². The summed E-state index contributed by atoms with van der Waals surface area (Å²) in [5, 5.41) is 3.44. The monoisotopic (exact) mass is 283 g/mol. The quantitative estimate of drug-likeness (QED) is 0.878. The number of hydrogen-bond acceptors (Lipinski definition) is 3. The summed E-state index contributed by atoms with van der Waals surface area (Å²) in [6.45, 7) is 2.00. The fourth-order valence-corrected chi connectivity index (χ4v) is 2.37. The molecule has 2 atom stereocenters. The second-order valence-electron chi connectivity index (χ2n) is 4.46. The van der Waals surface area contributed by atoms with Gasteiger partial charge in [-0.15, -0.1) is 0 Å². The maximum atomic E-state index is 6.10. The molecule has 0 aromatic carbocycles. The van der Waals surface area contributed by atoms with Crippen molar-refractivity contribution in [3.8, 4) is 0 Å². The number of aromatic nitrogens is 1. The third-order valence-electron chi connectivity index (χ3n) is 3.17. The van der Waals surface area contributed by atoms with Gasteiger partial charge in [0.15, 0.2) is 0 Å². The number of pyridine rings is 1. The molecule has 0 saturated heterocycles. The first-order chi connectivity index (χ1) is 7.66. The molecule has 16 heavy (non-hydrogen) atoms. The third kappa shape index (κ3) is 2.74. The molecule has 0 radical (unpaired) electrons. The molecular formula is C12H18BrN3. The van der Waals surface area contributed by atoms with Crippen LogP contribution < -0.4 is 11.1 Å². The van der Waals surface area contributed by atoms with Crippen LogP contribution in [0.15, 0.2) is 16.6 Å². The average Bonchev–Trinajstić information content (AvgIpc) is 2.27. The lowest BCUT2D eigenvalue weighted by atomic mass is 9.91. The van der Waals surface area contributed by atoms with Crippen molar-refractivity contribution in [3.05, 3.63) is 22.3 Å². The molecule has 88 valence electrons. The zero-order valence-corrected chi connectivity index (χ0v) is 11.1. The molecule has 0 bridgehead atoms. The van der Waals surface area contributed by atoms with Gasteiger partial charge in [-0.2, -0.15) is 0 Å². The van der Waals surface area contributed by atoms with Crippen LogP contribution in [-0.2, 0) is 0 Å². The SMILES string of the molecule is Cc1nc(NC2CCCCC2N)ccc1Br. The average molecular weight is 284 g/mol. The molecule has 0 amide bonds. The van der Waals surface area contributed by atoms with E-state index in [2.05, 4.69) is 26.2 Å². The molecule has 1 saturated carbocycles. The van der Waals surface area contributed by atoms with Crippen molar-refractivity contribution in [2.45, 2.75) is 44.7 Å². The first-order valence-electron chi connectivity index (χ1n) is 5.82. The summed E-state index contributed by atoms with van der Waals surface area (Å²) < 4.78 is 1.05. The van der Waals surface area contributed by atoms with Crippen LogP contribution in [0.25, 0.3) is 0 Å². The molecule has 3 N–H and O–H groups in total. The number of aryl methyl sites for hydroxylation is 1. The molecule has 0 aliphatic heterocycles. The molecule has 0 spiro atoms. The van der Waals surface area contributed by atoms with E-state index in [-0.39, 0.29) is 6.04 Å². The predicted molar refractivity (Wildman–Crippen MR) is 70.5 cm³/mol. The Hall–Kier alpha value is -0.610. The van der Waals surface area contributed by atoms with Gasteiger partial charge in [0.1, 0.15) is 5.82 Å². The second kappa shape index (κ2) is 5.15. The molecular weight excluding hydrogens is 266 g/mol. The van der Waals surface area contributed by atoms with Gasteiger partial charge in [-0.1, -0.05) is 12.8 Å². The van der Waals surface area contributed by atoms with Gasteiger partial charge in [-0.25, -0.2) is 4.98 Å². The highest BCUT2D eigenvalue weighted by molar-refractivity contribution is 9.10. The van der Waals surface area contributed by atoms with Crippen LogP contribution in [0, 0.1) is 6.92 Å². The second-order valence-corrected chi connectivity index (χ2v) is 5.32. The smallest absolute Gasteiger partial charge is 0.126 e. The summed E-state index contributed by atoms with van der Waals surface area (Å²) in [4.78, 5) is 4.49. The Morgan fingerprint density at radius 2 is 2.12 bits per heavy atom. The predicted octanol–water partition coefficient (Wildman–Crippen LogP) is 2.83. The molecule has 1 fully saturated rings. The van der Waals surface area contributed by atoms with Gasteiger partial charge in [0.25, 0.3) is 0 Å². The van der Waals surface area contributed by atoms with Gasteiger partial charge in [-0.05, 0) is 47.8 Å². The molecule has 1 heterocycles. The Morgan fingerprint density at radius 1 is 1.38 bits per heavy atom. The number of hydrogen-bond donors (Lipinski definition) is 2. The van der Waals surface area contributed by atoms with Crippen molar-refractivity contribution in [2.24, 2.45) is 5.73 Å². The highest BCUT2D eigenvalue weighted by Crippen LogP contribution is 2.22. The number of nitrogens with two attached hydrogens (primary N) is 1. The molecule has 1 aliphatic carbocycles. The van der Waals surface area contributed by atoms with Crippen LogP contribution in [0.4, 0.5) is 5.82 Å². The Morgan fingerprint density at radius 3 is 2.81 bits per heavy atom. The molecule has 2 rings (SSSR count). The Kier molecular flexibility index (Phi) is 3.82. The van der Waals surface area contributed by atoms with E-state index in [1.165, 1.54) is 12.8 Å². The first-order valence-corrected chi connectivity index (χ1v) is 6.61. The number of anilines is 1. The van der Waals surface area contributed by atoms with E-state index < -0.39 is 0 Å². The number of halogens is 1. The van der Waals surface area contributed by atoms with Crippen LogP contribution in [0.2, 0.25) is 0 Å². The van der Waals surface area contributed by atoms with Gasteiger partial charge >= 0.3 is 0 Å². The van der Waals surface area contributed by atoms with E-state index in [4.69, 9.17) is 5.73 Å². The minimum Gasteiger partial charge on any atom is -0.366 e. The fraction of sp³-hybridized carbons (Fsp3) is 0.583. The summed E-state index contributed by atoms with van der Waals surface area (Å²) in [6, 6.07) is 4.67. The first kappa shape index (κ1) is 11.9. The van der Waals surface area contributed by atoms with Gasteiger partial charge in [0.05, 0.1) is 5.69 Å². The summed E-state index contributed by atoms with van der Waals surface area (Å²) in [7, 11) is 0. The van der Waals surface area contributed by atoms with Crippen molar-refractivity contribution in [2.75, 3.05) is 5.32 Å².